The molecule has 112 valence electrons. The first-order valence-electron chi connectivity index (χ1n) is 5.53. The summed E-state index contributed by atoms with van der Waals surface area (Å²) in [7, 11) is 0. The molecule has 0 spiro atoms. The van der Waals surface area contributed by atoms with Crippen LogP contribution in [0.5, 0.6) is 17.2 Å². The summed E-state index contributed by atoms with van der Waals surface area (Å²) in [6, 6.07) is 6.49. The van der Waals surface area contributed by atoms with Crippen molar-refractivity contribution in [2.45, 2.75) is 6.61 Å². The van der Waals surface area contributed by atoms with E-state index in [-0.39, 0.29) is 11.4 Å². The van der Waals surface area contributed by atoms with Crippen LogP contribution in [0.1, 0.15) is 0 Å². The van der Waals surface area contributed by atoms with Crippen LogP contribution < -0.4 is 15.2 Å². The predicted molar refractivity (Wildman–Crippen MR) is 76.7 cm³/mol. The van der Waals surface area contributed by atoms with Gasteiger partial charge in [0.05, 0.1) is 10.2 Å². The second-order valence-corrected chi connectivity index (χ2v) is 5.17. The van der Waals surface area contributed by atoms with Gasteiger partial charge in [-0.05, 0) is 34.1 Å². The zero-order valence-corrected chi connectivity index (χ0v) is 12.6. The van der Waals surface area contributed by atoms with E-state index in [1.54, 1.807) is 18.2 Å². The van der Waals surface area contributed by atoms with Crippen LogP contribution in [0, 0.1) is 5.82 Å². The Kier molecular flexibility index (Phi) is 4.84. The molecule has 0 amide bonds. The van der Waals surface area contributed by atoms with Gasteiger partial charge in [-0.2, -0.15) is 8.78 Å². The second kappa shape index (κ2) is 6.44. The van der Waals surface area contributed by atoms with Gasteiger partial charge in [0.2, 0.25) is 0 Å². The molecule has 0 aromatic heterocycles. The number of anilines is 1. The highest BCUT2D eigenvalue weighted by Gasteiger charge is 2.15. The topological polar surface area (TPSA) is 44.5 Å². The van der Waals surface area contributed by atoms with Crippen LogP contribution in [0.2, 0.25) is 5.02 Å². The van der Waals surface area contributed by atoms with Crippen molar-refractivity contribution in [1.29, 1.82) is 0 Å². The monoisotopic (exact) mass is 381 g/mol. The molecule has 0 atom stereocenters. The highest BCUT2D eigenvalue weighted by atomic mass is 79.9. The van der Waals surface area contributed by atoms with Crippen molar-refractivity contribution in [3.63, 3.8) is 0 Å². The molecule has 0 heterocycles. The molecule has 2 rings (SSSR count). The van der Waals surface area contributed by atoms with Crippen molar-refractivity contribution >= 4 is 33.2 Å². The van der Waals surface area contributed by atoms with Gasteiger partial charge in [0.1, 0.15) is 5.75 Å². The number of hydrogen-bond acceptors (Lipinski definition) is 3. The van der Waals surface area contributed by atoms with E-state index in [9.17, 15) is 13.2 Å². The van der Waals surface area contributed by atoms with Crippen molar-refractivity contribution in [3.05, 3.63) is 45.6 Å². The minimum Gasteiger partial charge on any atom is -0.454 e. The van der Waals surface area contributed by atoms with Crippen LogP contribution in [0.4, 0.5) is 18.9 Å². The van der Waals surface area contributed by atoms with Gasteiger partial charge < -0.3 is 15.2 Å². The Morgan fingerprint density at radius 1 is 1.10 bits per heavy atom. The Hall–Kier alpha value is -1.60. The molecule has 0 fully saturated rings. The van der Waals surface area contributed by atoms with Gasteiger partial charge in [-0.1, -0.05) is 11.6 Å². The van der Waals surface area contributed by atoms with E-state index >= 15 is 0 Å². The van der Waals surface area contributed by atoms with Gasteiger partial charge in [0, 0.05) is 17.2 Å². The molecule has 2 aromatic rings. The lowest BCUT2D eigenvalue weighted by Gasteiger charge is -2.13. The average Bonchev–Trinajstić information content (AvgIpc) is 2.37. The number of benzene rings is 2. The lowest BCUT2D eigenvalue weighted by Crippen LogP contribution is -2.05. The zero-order chi connectivity index (χ0) is 15.6. The molecule has 0 aliphatic rings. The Bertz CT molecular complexity index is 670. The van der Waals surface area contributed by atoms with Crippen LogP contribution in [-0.4, -0.2) is 6.61 Å². The lowest BCUT2D eigenvalue weighted by atomic mass is 10.2. The number of nitrogens with two attached hydrogens (primary N) is 1. The SMILES string of the molecule is Nc1cc(F)c(OC(F)F)cc1Oc1ccc(Cl)cc1Br. The maximum Gasteiger partial charge on any atom is 0.387 e. The van der Waals surface area contributed by atoms with Gasteiger partial charge in [0.25, 0.3) is 0 Å². The molecule has 2 aromatic carbocycles. The van der Waals surface area contributed by atoms with Gasteiger partial charge in [-0.15, -0.1) is 0 Å². The van der Waals surface area contributed by atoms with Gasteiger partial charge >= 0.3 is 6.61 Å². The molecular weight excluding hydrogens is 374 g/mol. The molecule has 2 N–H and O–H groups in total. The number of nitrogen functional groups attached to an aromatic ring is 1. The van der Waals surface area contributed by atoms with E-state index in [2.05, 4.69) is 20.7 Å². The summed E-state index contributed by atoms with van der Waals surface area (Å²) in [6.45, 7) is -3.15. The highest BCUT2D eigenvalue weighted by molar-refractivity contribution is 9.10. The number of rotatable bonds is 4. The third kappa shape index (κ3) is 3.95. The molecule has 21 heavy (non-hydrogen) atoms. The Morgan fingerprint density at radius 3 is 2.43 bits per heavy atom. The van der Waals surface area contributed by atoms with E-state index < -0.39 is 18.2 Å². The zero-order valence-electron chi connectivity index (χ0n) is 10.2. The maximum atomic E-state index is 13.4. The summed E-state index contributed by atoms with van der Waals surface area (Å²) < 4.78 is 47.8. The van der Waals surface area contributed by atoms with Gasteiger partial charge in [0.15, 0.2) is 17.3 Å². The number of hydrogen-bond donors (Lipinski definition) is 1. The maximum absolute atomic E-state index is 13.4. The fourth-order valence-electron chi connectivity index (χ4n) is 1.50. The molecule has 3 nitrogen and oxygen atoms in total. The molecule has 0 bridgehead atoms. The summed E-state index contributed by atoms with van der Waals surface area (Å²) in [6.07, 6.45) is 0. The first-order chi connectivity index (χ1) is 9.86. The first kappa shape index (κ1) is 15.8. The number of alkyl halides is 2. The van der Waals surface area contributed by atoms with Crippen LogP contribution in [-0.2, 0) is 0 Å². The second-order valence-electron chi connectivity index (χ2n) is 3.88. The minimum absolute atomic E-state index is 0.0185. The fourth-order valence-corrected chi connectivity index (χ4v) is 2.26. The quantitative estimate of drug-likeness (QED) is 0.738. The Balaban J connectivity index is 2.34. The van der Waals surface area contributed by atoms with E-state index in [0.29, 0.717) is 15.2 Å². The summed E-state index contributed by atoms with van der Waals surface area (Å²) >= 11 is 9.02. The number of ether oxygens (including phenoxy) is 2. The Morgan fingerprint density at radius 2 is 1.81 bits per heavy atom. The molecule has 0 unspecified atom stereocenters. The summed E-state index contributed by atoms with van der Waals surface area (Å²) in [5.74, 6) is -1.34. The summed E-state index contributed by atoms with van der Waals surface area (Å²) in [5.41, 5.74) is 5.54. The smallest absolute Gasteiger partial charge is 0.387 e. The first-order valence-corrected chi connectivity index (χ1v) is 6.70. The van der Waals surface area contributed by atoms with Crippen LogP contribution in [0.15, 0.2) is 34.8 Å². The van der Waals surface area contributed by atoms with E-state index in [1.807, 2.05) is 0 Å². The summed E-state index contributed by atoms with van der Waals surface area (Å²) in [5, 5.41) is 0.475. The average molecular weight is 383 g/mol. The van der Waals surface area contributed by atoms with E-state index in [0.717, 1.165) is 12.1 Å². The van der Waals surface area contributed by atoms with Gasteiger partial charge in [-0.3, -0.25) is 0 Å². The third-order valence-electron chi connectivity index (χ3n) is 2.39. The normalized spacial score (nSPS) is 10.8. The van der Waals surface area contributed by atoms with Crippen molar-refractivity contribution < 1.29 is 22.6 Å². The molecule has 0 saturated heterocycles. The molecule has 8 heteroatoms. The standard InChI is InChI=1S/C13H8BrClF3NO2/c14-7-3-6(15)1-2-10(7)20-12-5-11(21-13(17)18)8(16)4-9(12)19/h1-5,13H,19H2. The minimum atomic E-state index is -3.15. The molecular formula is C13H8BrClF3NO2. The molecule has 0 aliphatic carbocycles. The van der Waals surface area contributed by atoms with Crippen molar-refractivity contribution in [2.75, 3.05) is 5.73 Å². The van der Waals surface area contributed by atoms with E-state index in [1.165, 1.54) is 0 Å². The van der Waals surface area contributed by atoms with E-state index in [4.69, 9.17) is 22.1 Å². The van der Waals surface area contributed by atoms with Gasteiger partial charge in [-0.25, -0.2) is 4.39 Å². The van der Waals surface area contributed by atoms with Crippen LogP contribution >= 0.6 is 27.5 Å². The summed E-state index contributed by atoms with van der Waals surface area (Å²) in [4.78, 5) is 0. The van der Waals surface area contributed by atoms with Crippen molar-refractivity contribution in [1.82, 2.24) is 0 Å². The third-order valence-corrected chi connectivity index (χ3v) is 3.25. The highest BCUT2D eigenvalue weighted by Crippen LogP contribution is 2.37. The largest absolute Gasteiger partial charge is 0.454 e. The van der Waals surface area contributed by atoms with Crippen LogP contribution in [0.3, 0.4) is 0 Å². The molecule has 0 saturated carbocycles. The fraction of sp³-hybridized carbons (Fsp3) is 0.0769. The molecule has 0 radical (unpaired) electrons. The number of halogens is 5. The molecule has 0 aliphatic heterocycles. The Labute approximate surface area is 131 Å². The van der Waals surface area contributed by atoms with Crippen molar-refractivity contribution in [2.24, 2.45) is 0 Å². The lowest BCUT2D eigenvalue weighted by molar-refractivity contribution is -0.0522. The van der Waals surface area contributed by atoms with Crippen LogP contribution in [0.25, 0.3) is 0 Å². The predicted octanol–water partition coefficient (Wildman–Crippen LogP) is 5.22. The van der Waals surface area contributed by atoms with Crippen molar-refractivity contribution in [3.8, 4) is 17.2 Å².